The molecule has 0 aliphatic rings. The SMILES string of the molecule is Fc1ccc(-c2nc(CCl)cs2)cc1.NC(=O)c1c(F)ccc(OCc2csc(-c3ccc(F)cc3)n2)c1F. The summed E-state index contributed by atoms with van der Waals surface area (Å²) >= 11 is 8.47. The summed E-state index contributed by atoms with van der Waals surface area (Å²) in [6, 6.07) is 14.1. The maximum atomic E-state index is 14.1. The van der Waals surface area contributed by atoms with Gasteiger partial charge in [-0.25, -0.2) is 27.5 Å². The highest BCUT2D eigenvalue weighted by Crippen LogP contribution is 2.27. The number of nitrogens with two attached hydrogens (primary N) is 1. The fraction of sp³-hybridized carbons (Fsp3) is 0.0741. The first kappa shape index (κ1) is 28.2. The van der Waals surface area contributed by atoms with Gasteiger partial charge in [0.05, 0.1) is 17.3 Å². The lowest BCUT2D eigenvalue weighted by Gasteiger charge is -2.08. The Balaban J connectivity index is 0.000000212. The Hall–Kier alpha value is -3.80. The summed E-state index contributed by atoms with van der Waals surface area (Å²) < 4.78 is 58.4. The highest BCUT2D eigenvalue weighted by Gasteiger charge is 2.19. The van der Waals surface area contributed by atoms with E-state index < -0.39 is 23.1 Å². The van der Waals surface area contributed by atoms with Gasteiger partial charge in [0, 0.05) is 21.9 Å². The number of aromatic nitrogens is 2. The Bertz CT molecular complexity index is 1580. The van der Waals surface area contributed by atoms with Gasteiger partial charge in [0.15, 0.2) is 11.6 Å². The van der Waals surface area contributed by atoms with E-state index in [1.54, 1.807) is 29.6 Å². The molecule has 0 fully saturated rings. The van der Waals surface area contributed by atoms with Gasteiger partial charge in [-0.05, 0) is 60.7 Å². The molecule has 0 saturated carbocycles. The number of rotatable bonds is 7. The first-order valence-electron chi connectivity index (χ1n) is 11.1. The van der Waals surface area contributed by atoms with Crippen LogP contribution in [0.5, 0.6) is 5.75 Å². The second-order valence-corrected chi connectivity index (χ2v) is 9.81. The number of primary amides is 1. The molecule has 0 unspecified atom stereocenters. The fourth-order valence-corrected chi connectivity index (χ4v) is 5.08. The van der Waals surface area contributed by atoms with Gasteiger partial charge in [-0.15, -0.1) is 34.3 Å². The summed E-state index contributed by atoms with van der Waals surface area (Å²) in [5.74, 6) is -3.88. The number of ether oxygens (including phenoxy) is 1. The number of thiazole rings is 2. The van der Waals surface area contributed by atoms with Crippen LogP contribution in [0, 0.1) is 23.3 Å². The van der Waals surface area contributed by atoms with Crippen LogP contribution in [-0.2, 0) is 12.5 Å². The molecule has 0 spiro atoms. The van der Waals surface area contributed by atoms with Crippen LogP contribution in [0.4, 0.5) is 17.6 Å². The average molecular weight is 592 g/mol. The summed E-state index contributed by atoms with van der Waals surface area (Å²) in [5, 5.41) is 5.14. The van der Waals surface area contributed by atoms with Crippen LogP contribution in [-0.4, -0.2) is 15.9 Å². The van der Waals surface area contributed by atoms with Gasteiger partial charge in [0.25, 0.3) is 5.91 Å². The summed E-state index contributed by atoms with van der Waals surface area (Å²) in [5.41, 5.74) is 7.14. The van der Waals surface area contributed by atoms with Gasteiger partial charge in [0.1, 0.15) is 39.6 Å². The predicted octanol–water partition coefficient (Wildman–Crippen LogP) is 7.59. The lowest BCUT2D eigenvalue weighted by molar-refractivity contribution is 0.0991. The van der Waals surface area contributed by atoms with Crippen LogP contribution < -0.4 is 10.5 Å². The molecule has 0 radical (unpaired) electrons. The predicted molar refractivity (Wildman–Crippen MR) is 144 cm³/mol. The number of hydrogen-bond acceptors (Lipinski definition) is 6. The number of alkyl halides is 1. The molecule has 2 N–H and O–H groups in total. The zero-order valence-corrected chi connectivity index (χ0v) is 22.2. The van der Waals surface area contributed by atoms with Gasteiger partial charge in [-0.1, -0.05) is 0 Å². The molecule has 0 atom stereocenters. The molecule has 3 aromatic carbocycles. The van der Waals surface area contributed by atoms with E-state index in [1.807, 2.05) is 5.38 Å². The third-order valence-electron chi connectivity index (χ3n) is 5.10. The molecule has 5 rings (SSSR count). The van der Waals surface area contributed by atoms with Crippen molar-refractivity contribution in [2.75, 3.05) is 0 Å². The van der Waals surface area contributed by atoms with Crippen molar-refractivity contribution in [3.63, 3.8) is 0 Å². The van der Waals surface area contributed by atoms with E-state index >= 15 is 0 Å². The maximum Gasteiger partial charge on any atom is 0.254 e. The van der Waals surface area contributed by atoms with Crippen molar-refractivity contribution in [1.29, 1.82) is 0 Å². The van der Waals surface area contributed by atoms with E-state index in [1.165, 1.54) is 46.9 Å². The first-order chi connectivity index (χ1) is 18.7. The molecule has 0 bridgehead atoms. The zero-order valence-electron chi connectivity index (χ0n) is 19.8. The van der Waals surface area contributed by atoms with E-state index in [0.717, 1.165) is 34.0 Å². The van der Waals surface area contributed by atoms with Gasteiger partial charge >= 0.3 is 0 Å². The molecule has 0 aliphatic heterocycles. The molecule has 200 valence electrons. The number of amides is 1. The molecular formula is C27H18ClF4N3O2S2. The van der Waals surface area contributed by atoms with Gasteiger partial charge in [-0.3, -0.25) is 4.79 Å². The minimum atomic E-state index is -1.22. The topological polar surface area (TPSA) is 78.1 Å². The second-order valence-electron chi connectivity index (χ2n) is 7.82. The molecule has 0 saturated heterocycles. The Morgan fingerprint density at radius 2 is 1.31 bits per heavy atom. The maximum absolute atomic E-state index is 14.1. The summed E-state index contributed by atoms with van der Waals surface area (Å²) in [6.45, 7) is -0.0849. The molecular weight excluding hydrogens is 574 g/mol. The van der Waals surface area contributed by atoms with E-state index in [-0.39, 0.29) is 24.0 Å². The Labute approximate surface area is 233 Å². The molecule has 1 amide bonds. The zero-order chi connectivity index (χ0) is 27.9. The Kier molecular flexibility index (Phi) is 9.28. The minimum absolute atomic E-state index is 0.0849. The molecule has 39 heavy (non-hydrogen) atoms. The van der Waals surface area contributed by atoms with Crippen LogP contribution in [0.2, 0.25) is 0 Å². The van der Waals surface area contributed by atoms with Crippen LogP contribution >= 0.6 is 34.3 Å². The Morgan fingerprint density at radius 3 is 1.79 bits per heavy atom. The van der Waals surface area contributed by atoms with Crippen LogP contribution in [0.3, 0.4) is 0 Å². The first-order valence-corrected chi connectivity index (χ1v) is 13.4. The minimum Gasteiger partial charge on any atom is -0.484 e. The molecule has 5 aromatic rings. The van der Waals surface area contributed by atoms with Crippen molar-refractivity contribution in [3.8, 4) is 26.9 Å². The summed E-state index contributed by atoms with van der Waals surface area (Å²) in [6.07, 6.45) is 0. The largest absolute Gasteiger partial charge is 0.484 e. The van der Waals surface area contributed by atoms with Crippen molar-refractivity contribution in [3.05, 3.63) is 112 Å². The number of nitrogens with zero attached hydrogens (tertiary/aromatic N) is 2. The molecule has 5 nitrogen and oxygen atoms in total. The van der Waals surface area contributed by atoms with Crippen molar-refractivity contribution in [2.45, 2.75) is 12.5 Å². The third-order valence-corrected chi connectivity index (χ3v) is 7.25. The number of carbonyl (C=O) groups is 1. The van der Waals surface area contributed by atoms with Crippen molar-refractivity contribution >= 4 is 40.2 Å². The third kappa shape index (κ3) is 7.20. The van der Waals surface area contributed by atoms with Crippen molar-refractivity contribution in [2.24, 2.45) is 5.73 Å². The number of carbonyl (C=O) groups excluding carboxylic acids is 1. The molecule has 2 heterocycles. The van der Waals surface area contributed by atoms with Gasteiger partial charge < -0.3 is 10.5 Å². The molecule has 12 heteroatoms. The smallest absolute Gasteiger partial charge is 0.254 e. The summed E-state index contributed by atoms with van der Waals surface area (Å²) in [7, 11) is 0. The highest BCUT2D eigenvalue weighted by molar-refractivity contribution is 7.13. The number of halogens is 5. The average Bonchev–Trinajstić information content (AvgIpc) is 3.60. The quantitative estimate of drug-likeness (QED) is 0.156. The van der Waals surface area contributed by atoms with Crippen LogP contribution in [0.25, 0.3) is 21.1 Å². The van der Waals surface area contributed by atoms with E-state index in [0.29, 0.717) is 16.6 Å². The van der Waals surface area contributed by atoms with Gasteiger partial charge in [0.2, 0.25) is 0 Å². The standard InChI is InChI=1S/C17H11F3N2O2S.C10H7ClFNS/c18-10-3-1-9(2-4-10)17-22-11(8-25-17)7-24-13-6-5-12(19)14(15(13)20)16(21)23;11-5-9-6-14-10(13-9)7-1-3-8(12)4-2-7/h1-6,8H,7H2,(H2,21,23);1-4,6H,5H2. The lowest BCUT2D eigenvalue weighted by atomic mass is 10.1. The van der Waals surface area contributed by atoms with E-state index in [4.69, 9.17) is 22.1 Å². The second kappa shape index (κ2) is 12.8. The monoisotopic (exact) mass is 591 g/mol. The van der Waals surface area contributed by atoms with E-state index in [9.17, 15) is 22.4 Å². The molecule has 2 aromatic heterocycles. The normalized spacial score (nSPS) is 10.6. The molecule has 0 aliphatic carbocycles. The van der Waals surface area contributed by atoms with Crippen LogP contribution in [0.15, 0.2) is 71.4 Å². The van der Waals surface area contributed by atoms with Crippen LogP contribution in [0.1, 0.15) is 21.7 Å². The highest BCUT2D eigenvalue weighted by atomic mass is 35.5. The number of hydrogen-bond donors (Lipinski definition) is 1. The van der Waals surface area contributed by atoms with E-state index in [2.05, 4.69) is 9.97 Å². The van der Waals surface area contributed by atoms with Crippen molar-refractivity contribution < 1.29 is 27.1 Å². The lowest BCUT2D eigenvalue weighted by Crippen LogP contribution is -2.16. The van der Waals surface area contributed by atoms with Crippen molar-refractivity contribution in [1.82, 2.24) is 9.97 Å². The van der Waals surface area contributed by atoms with Gasteiger partial charge in [-0.2, -0.15) is 0 Å². The Morgan fingerprint density at radius 1 is 0.795 bits per heavy atom. The summed E-state index contributed by atoms with van der Waals surface area (Å²) in [4.78, 5) is 19.7. The number of benzene rings is 3. The fourth-order valence-electron chi connectivity index (χ4n) is 3.21.